The molecule has 2 aromatic carbocycles. The van der Waals surface area contributed by atoms with Crippen molar-refractivity contribution in [3.8, 4) is 22.6 Å². The zero-order valence-electron chi connectivity index (χ0n) is 13.6. The molecule has 128 valence electrons. The highest BCUT2D eigenvalue weighted by molar-refractivity contribution is 5.99. The Balaban J connectivity index is 1.55. The van der Waals surface area contributed by atoms with Crippen LogP contribution in [0.4, 0.5) is 5.69 Å². The molecule has 0 spiro atoms. The molecule has 1 atom stereocenters. The molecule has 25 heavy (non-hydrogen) atoms. The average molecular weight is 338 g/mol. The van der Waals surface area contributed by atoms with E-state index in [0.717, 1.165) is 34.7 Å². The van der Waals surface area contributed by atoms with Crippen molar-refractivity contribution in [2.45, 2.75) is 18.9 Å². The predicted octanol–water partition coefficient (Wildman–Crippen LogP) is 2.32. The van der Waals surface area contributed by atoms with Crippen molar-refractivity contribution in [2.75, 3.05) is 18.2 Å². The Morgan fingerprint density at radius 3 is 2.60 bits per heavy atom. The Labute approximate surface area is 145 Å². The highest BCUT2D eigenvalue weighted by Gasteiger charge is 2.29. The SMILES string of the molecule is O=CNC1CCCN(c2ccc(-c3ccc4c(c3)OCO4)cc2)C1=O. The minimum absolute atomic E-state index is 0.0609. The van der Waals surface area contributed by atoms with Gasteiger partial charge in [-0.15, -0.1) is 0 Å². The molecule has 2 heterocycles. The number of carbonyl (C=O) groups is 2. The normalized spacial score (nSPS) is 19.0. The number of piperidine rings is 1. The largest absolute Gasteiger partial charge is 0.454 e. The summed E-state index contributed by atoms with van der Waals surface area (Å²) in [6.45, 7) is 0.921. The third kappa shape index (κ3) is 2.91. The fraction of sp³-hybridized carbons (Fsp3) is 0.263. The lowest BCUT2D eigenvalue weighted by Gasteiger charge is -2.32. The third-order valence-corrected chi connectivity index (χ3v) is 4.59. The first-order chi connectivity index (χ1) is 12.3. The summed E-state index contributed by atoms with van der Waals surface area (Å²) in [6.07, 6.45) is 2.14. The number of rotatable bonds is 4. The molecular weight excluding hydrogens is 320 g/mol. The lowest BCUT2D eigenvalue weighted by molar-refractivity contribution is -0.124. The molecular formula is C19H18N2O4. The van der Waals surface area contributed by atoms with Crippen LogP contribution in [0.15, 0.2) is 42.5 Å². The van der Waals surface area contributed by atoms with Gasteiger partial charge in [0, 0.05) is 12.2 Å². The number of amides is 2. The van der Waals surface area contributed by atoms with E-state index < -0.39 is 6.04 Å². The van der Waals surface area contributed by atoms with Gasteiger partial charge in [-0.05, 0) is 48.2 Å². The van der Waals surface area contributed by atoms with E-state index in [9.17, 15) is 9.59 Å². The molecule has 2 aromatic rings. The van der Waals surface area contributed by atoms with Crippen LogP contribution in [-0.4, -0.2) is 31.7 Å². The molecule has 1 unspecified atom stereocenters. The van der Waals surface area contributed by atoms with Gasteiger partial charge < -0.3 is 19.7 Å². The van der Waals surface area contributed by atoms with Gasteiger partial charge in [-0.2, -0.15) is 0 Å². The van der Waals surface area contributed by atoms with Crippen molar-refractivity contribution in [2.24, 2.45) is 0 Å². The lowest BCUT2D eigenvalue weighted by Crippen LogP contribution is -2.50. The van der Waals surface area contributed by atoms with Crippen LogP contribution in [-0.2, 0) is 9.59 Å². The molecule has 2 amide bonds. The van der Waals surface area contributed by atoms with Crippen molar-refractivity contribution >= 4 is 18.0 Å². The first kappa shape index (κ1) is 15.5. The van der Waals surface area contributed by atoms with Gasteiger partial charge in [-0.3, -0.25) is 9.59 Å². The Morgan fingerprint density at radius 2 is 1.80 bits per heavy atom. The van der Waals surface area contributed by atoms with Crippen molar-refractivity contribution in [1.29, 1.82) is 0 Å². The Morgan fingerprint density at radius 1 is 1.04 bits per heavy atom. The van der Waals surface area contributed by atoms with Gasteiger partial charge in [0.05, 0.1) is 0 Å². The molecule has 0 radical (unpaired) electrons. The molecule has 1 fully saturated rings. The summed E-state index contributed by atoms with van der Waals surface area (Å²) < 4.78 is 10.8. The van der Waals surface area contributed by atoms with E-state index in [4.69, 9.17) is 9.47 Å². The van der Waals surface area contributed by atoms with E-state index in [1.165, 1.54) is 0 Å². The molecule has 1 saturated heterocycles. The predicted molar refractivity (Wildman–Crippen MR) is 92.6 cm³/mol. The van der Waals surface area contributed by atoms with Crippen LogP contribution in [0.1, 0.15) is 12.8 Å². The standard InChI is InChI=1S/C19H18N2O4/c22-11-20-16-2-1-9-21(19(16)23)15-6-3-13(4-7-15)14-5-8-17-18(10-14)25-12-24-17/h3-8,10-11,16H,1-2,9,12H2,(H,20,22). The van der Waals surface area contributed by atoms with Gasteiger partial charge in [0.25, 0.3) is 0 Å². The summed E-state index contributed by atoms with van der Waals surface area (Å²) in [4.78, 5) is 24.8. The van der Waals surface area contributed by atoms with Crippen LogP contribution in [0.2, 0.25) is 0 Å². The first-order valence-corrected chi connectivity index (χ1v) is 8.27. The van der Waals surface area contributed by atoms with Gasteiger partial charge in [-0.1, -0.05) is 18.2 Å². The molecule has 0 bridgehead atoms. The zero-order valence-corrected chi connectivity index (χ0v) is 13.6. The topological polar surface area (TPSA) is 67.9 Å². The smallest absolute Gasteiger partial charge is 0.249 e. The number of hydrogen-bond acceptors (Lipinski definition) is 4. The molecule has 0 saturated carbocycles. The summed E-state index contributed by atoms with van der Waals surface area (Å²) in [5, 5.41) is 2.60. The maximum Gasteiger partial charge on any atom is 0.249 e. The molecule has 2 aliphatic heterocycles. The maximum absolute atomic E-state index is 12.5. The van der Waals surface area contributed by atoms with Gasteiger partial charge in [0.2, 0.25) is 19.1 Å². The lowest BCUT2D eigenvalue weighted by atomic mass is 10.0. The van der Waals surface area contributed by atoms with Crippen LogP contribution in [0.3, 0.4) is 0 Å². The third-order valence-electron chi connectivity index (χ3n) is 4.59. The Bertz CT molecular complexity index is 804. The number of anilines is 1. The van der Waals surface area contributed by atoms with Crippen LogP contribution in [0.25, 0.3) is 11.1 Å². The zero-order chi connectivity index (χ0) is 17.2. The number of nitrogens with zero attached hydrogens (tertiary/aromatic N) is 1. The highest BCUT2D eigenvalue weighted by Crippen LogP contribution is 2.36. The number of nitrogens with one attached hydrogen (secondary N) is 1. The number of hydrogen-bond donors (Lipinski definition) is 1. The van der Waals surface area contributed by atoms with Gasteiger partial charge in [-0.25, -0.2) is 0 Å². The van der Waals surface area contributed by atoms with Crippen LogP contribution in [0.5, 0.6) is 11.5 Å². The molecule has 0 aliphatic carbocycles. The van der Waals surface area contributed by atoms with E-state index in [0.29, 0.717) is 19.4 Å². The van der Waals surface area contributed by atoms with Crippen LogP contribution >= 0.6 is 0 Å². The Kier molecular flexibility index (Phi) is 4.01. The summed E-state index contributed by atoms with van der Waals surface area (Å²) in [7, 11) is 0. The van der Waals surface area contributed by atoms with Crippen molar-refractivity contribution in [1.82, 2.24) is 5.32 Å². The molecule has 6 nitrogen and oxygen atoms in total. The quantitative estimate of drug-likeness (QED) is 0.869. The number of fused-ring (bicyclic) bond motifs is 1. The number of ether oxygens (including phenoxy) is 2. The van der Waals surface area contributed by atoms with Gasteiger partial charge >= 0.3 is 0 Å². The van der Waals surface area contributed by atoms with Crippen molar-refractivity contribution in [3.63, 3.8) is 0 Å². The van der Waals surface area contributed by atoms with E-state index in [-0.39, 0.29) is 12.7 Å². The minimum atomic E-state index is -0.431. The highest BCUT2D eigenvalue weighted by atomic mass is 16.7. The summed E-state index contributed by atoms with van der Waals surface area (Å²) in [5.41, 5.74) is 2.90. The fourth-order valence-electron chi connectivity index (χ4n) is 3.28. The van der Waals surface area contributed by atoms with E-state index in [1.54, 1.807) is 4.90 Å². The molecule has 1 N–H and O–H groups in total. The number of carbonyl (C=O) groups excluding carboxylic acids is 2. The summed E-state index contributed by atoms with van der Waals surface area (Å²) >= 11 is 0. The van der Waals surface area contributed by atoms with Crippen molar-refractivity contribution < 1.29 is 19.1 Å². The van der Waals surface area contributed by atoms with Crippen LogP contribution in [0, 0.1) is 0 Å². The molecule has 0 aromatic heterocycles. The van der Waals surface area contributed by atoms with E-state index in [2.05, 4.69) is 5.32 Å². The van der Waals surface area contributed by atoms with Gasteiger partial charge in [0.15, 0.2) is 11.5 Å². The fourth-order valence-corrected chi connectivity index (χ4v) is 3.28. The van der Waals surface area contributed by atoms with Crippen LogP contribution < -0.4 is 19.7 Å². The van der Waals surface area contributed by atoms with Crippen molar-refractivity contribution in [3.05, 3.63) is 42.5 Å². The molecule has 6 heteroatoms. The number of benzene rings is 2. The van der Waals surface area contributed by atoms with E-state index >= 15 is 0 Å². The second-order valence-electron chi connectivity index (χ2n) is 6.08. The minimum Gasteiger partial charge on any atom is -0.454 e. The second-order valence-corrected chi connectivity index (χ2v) is 6.08. The van der Waals surface area contributed by atoms with Gasteiger partial charge in [0.1, 0.15) is 6.04 Å². The Hall–Kier alpha value is -3.02. The summed E-state index contributed by atoms with van der Waals surface area (Å²) in [5.74, 6) is 1.44. The van der Waals surface area contributed by atoms with E-state index in [1.807, 2.05) is 42.5 Å². The molecule has 4 rings (SSSR count). The summed E-state index contributed by atoms with van der Waals surface area (Å²) in [6, 6.07) is 13.2. The second kappa shape index (κ2) is 6.47. The first-order valence-electron chi connectivity index (χ1n) is 8.27. The molecule has 2 aliphatic rings. The monoisotopic (exact) mass is 338 g/mol. The average Bonchev–Trinajstić information content (AvgIpc) is 3.12. The maximum atomic E-state index is 12.5.